The highest BCUT2D eigenvalue weighted by Gasteiger charge is 2.47. The number of hydrogen-bond donors (Lipinski definition) is 4. The molecule has 3 aromatic heterocycles. The maximum Gasteiger partial charge on any atom is 0.308 e. The Morgan fingerprint density at radius 3 is 2.62 bits per heavy atom. The maximum absolute atomic E-state index is 15.5. The number of carboxylic acids is 1. The first-order valence-electron chi connectivity index (χ1n) is 10.8. The number of benzene rings is 1. The molecule has 0 spiro atoms. The minimum absolute atomic E-state index is 0.109. The molecule has 3 saturated carbocycles. The third-order valence-corrected chi connectivity index (χ3v) is 7.28. The molecule has 0 amide bonds. The van der Waals surface area contributed by atoms with E-state index in [9.17, 15) is 14.3 Å². The molecular weight excluding hydrogens is 416 g/mol. The van der Waals surface area contributed by atoms with Crippen molar-refractivity contribution in [3.63, 3.8) is 0 Å². The molecule has 7 rings (SSSR count). The van der Waals surface area contributed by atoms with E-state index in [2.05, 4.69) is 25.5 Å². The zero-order valence-electron chi connectivity index (χ0n) is 17.0. The summed E-state index contributed by atoms with van der Waals surface area (Å²) in [5.41, 5.74) is 2.52. The van der Waals surface area contributed by atoms with Crippen LogP contribution in [0.2, 0.25) is 0 Å². The van der Waals surface area contributed by atoms with Crippen LogP contribution >= 0.6 is 0 Å². The number of aromatic amines is 2. The lowest BCUT2D eigenvalue weighted by atomic mass is 9.61. The normalized spacial score (nSPS) is 24.9. The van der Waals surface area contributed by atoms with E-state index in [0.29, 0.717) is 27.7 Å². The molecule has 0 aliphatic heterocycles. The van der Waals surface area contributed by atoms with Gasteiger partial charge in [-0.05, 0) is 49.7 Å². The van der Waals surface area contributed by atoms with Crippen molar-refractivity contribution in [2.24, 2.45) is 17.8 Å². The van der Waals surface area contributed by atoms with Gasteiger partial charge in [-0.2, -0.15) is 5.10 Å². The Morgan fingerprint density at radius 1 is 1.06 bits per heavy atom. The number of nitrogens with zero attached hydrogens (tertiary/aromatic N) is 2. The minimum atomic E-state index is -0.833. The molecule has 7 nitrogen and oxygen atoms in total. The number of aromatic nitrogens is 4. The minimum Gasteiger partial charge on any atom is -0.481 e. The third-order valence-electron chi connectivity index (χ3n) is 7.28. The molecule has 1 aromatic carbocycles. The number of pyridine rings is 1. The number of carboxylic acid groups (broad SMARTS) is 1. The highest BCUT2D eigenvalue weighted by atomic mass is 19.1. The van der Waals surface area contributed by atoms with Gasteiger partial charge in [0.1, 0.15) is 11.5 Å². The molecule has 164 valence electrons. The van der Waals surface area contributed by atoms with Crippen LogP contribution in [0.15, 0.2) is 30.7 Å². The summed E-state index contributed by atoms with van der Waals surface area (Å²) in [7, 11) is 0. The first kappa shape index (κ1) is 19.2. The van der Waals surface area contributed by atoms with Crippen molar-refractivity contribution in [1.29, 1.82) is 0 Å². The average molecular weight is 437 g/mol. The summed E-state index contributed by atoms with van der Waals surface area (Å²) in [5.74, 6) is -2.03. The van der Waals surface area contributed by atoms with Gasteiger partial charge in [-0.15, -0.1) is 0 Å². The van der Waals surface area contributed by atoms with E-state index in [4.69, 9.17) is 0 Å². The second-order valence-electron chi connectivity index (χ2n) is 8.91. The smallest absolute Gasteiger partial charge is 0.308 e. The monoisotopic (exact) mass is 437 g/mol. The van der Waals surface area contributed by atoms with E-state index in [1.807, 2.05) is 0 Å². The maximum atomic E-state index is 15.5. The molecule has 2 atom stereocenters. The molecule has 0 saturated heterocycles. The summed E-state index contributed by atoms with van der Waals surface area (Å²) in [5, 5.41) is 20.8. The van der Waals surface area contributed by atoms with Gasteiger partial charge in [-0.1, -0.05) is 0 Å². The van der Waals surface area contributed by atoms with Crippen LogP contribution in [-0.2, 0) is 4.79 Å². The predicted molar refractivity (Wildman–Crippen MR) is 115 cm³/mol. The first-order valence-corrected chi connectivity index (χ1v) is 10.8. The average Bonchev–Trinajstić information content (AvgIpc) is 3.44. The molecule has 1 unspecified atom stereocenters. The van der Waals surface area contributed by atoms with Gasteiger partial charge in [0.15, 0.2) is 5.82 Å². The fraction of sp³-hybridized carbons (Fsp3) is 0.348. The number of H-pyrrole nitrogens is 2. The lowest BCUT2D eigenvalue weighted by Gasteiger charge is -2.47. The Labute approximate surface area is 181 Å². The molecule has 3 aliphatic rings. The SMILES string of the molecule is O=C(O)[C@H]1C2CCC(CC2)C1Nc1cc(-c2c[nH]c3ncc(F)cc23)c2[nH]ncc2c1F. The van der Waals surface area contributed by atoms with Gasteiger partial charge in [0.2, 0.25) is 0 Å². The predicted octanol–water partition coefficient (Wildman–Crippen LogP) is 4.69. The van der Waals surface area contributed by atoms with Crippen molar-refractivity contribution in [2.75, 3.05) is 5.32 Å². The van der Waals surface area contributed by atoms with Gasteiger partial charge in [0.05, 0.1) is 34.9 Å². The number of anilines is 1. The number of aliphatic carboxylic acids is 1. The van der Waals surface area contributed by atoms with Crippen molar-refractivity contribution in [1.82, 2.24) is 20.2 Å². The van der Waals surface area contributed by atoms with Crippen LogP contribution in [0, 0.1) is 29.4 Å². The number of rotatable bonds is 4. The number of carbonyl (C=O) groups is 1. The standard InChI is InChI=1S/C23H21F2N5O2/c24-12-5-14-15(8-27-22(14)26-7-12)13-6-17(19(25)16-9-28-30-21(13)16)29-20-11-3-1-10(2-4-11)18(20)23(31)32/h5-11,18,20,29H,1-4H2,(H,26,27)(H,28,30)(H,31,32)/t10?,11?,18-,20?/m0/s1. The van der Waals surface area contributed by atoms with Crippen molar-refractivity contribution >= 4 is 33.6 Å². The number of halogens is 2. The Balaban J connectivity index is 1.49. The van der Waals surface area contributed by atoms with Crippen LogP contribution in [0.3, 0.4) is 0 Å². The van der Waals surface area contributed by atoms with Crippen LogP contribution in [0.4, 0.5) is 14.5 Å². The fourth-order valence-electron chi connectivity index (χ4n) is 5.79. The van der Waals surface area contributed by atoms with Crippen molar-refractivity contribution in [3.05, 3.63) is 42.4 Å². The second kappa shape index (κ2) is 7.01. The lowest BCUT2D eigenvalue weighted by molar-refractivity contribution is -0.148. The second-order valence-corrected chi connectivity index (χ2v) is 8.91. The van der Waals surface area contributed by atoms with E-state index in [-0.39, 0.29) is 29.0 Å². The Hall–Kier alpha value is -3.49. The van der Waals surface area contributed by atoms with Gasteiger partial charge in [0.25, 0.3) is 0 Å². The van der Waals surface area contributed by atoms with Crippen LogP contribution < -0.4 is 5.32 Å². The summed E-state index contributed by atoms with van der Waals surface area (Å²) in [6, 6.07) is 2.70. The lowest BCUT2D eigenvalue weighted by Crippen LogP contribution is -2.51. The van der Waals surface area contributed by atoms with Gasteiger partial charge in [-0.3, -0.25) is 9.89 Å². The summed E-state index contributed by atoms with van der Waals surface area (Å²) in [6.07, 6.45) is 7.95. The quantitative estimate of drug-likeness (QED) is 0.371. The van der Waals surface area contributed by atoms with Crippen molar-refractivity contribution < 1.29 is 18.7 Å². The third kappa shape index (κ3) is 2.80. The van der Waals surface area contributed by atoms with E-state index in [0.717, 1.165) is 31.9 Å². The molecule has 3 heterocycles. The first-order chi connectivity index (χ1) is 15.5. The zero-order chi connectivity index (χ0) is 22.0. The molecular formula is C23H21F2N5O2. The van der Waals surface area contributed by atoms with E-state index >= 15 is 4.39 Å². The van der Waals surface area contributed by atoms with Gasteiger partial charge < -0.3 is 15.4 Å². The van der Waals surface area contributed by atoms with Crippen LogP contribution in [0.5, 0.6) is 0 Å². The molecule has 3 fully saturated rings. The molecule has 9 heteroatoms. The molecule has 0 radical (unpaired) electrons. The summed E-state index contributed by atoms with van der Waals surface area (Å²) in [4.78, 5) is 19.1. The van der Waals surface area contributed by atoms with E-state index in [1.165, 1.54) is 12.3 Å². The van der Waals surface area contributed by atoms with E-state index in [1.54, 1.807) is 12.3 Å². The van der Waals surface area contributed by atoms with Crippen molar-refractivity contribution in [2.45, 2.75) is 31.7 Å². The Morgan fingerprint density at radius 2 is 1.84 bits per heavy atom. The number of fused-ring (bicyclic) bond motifs is 5. The molecule has 32 heavy (non-hydrogen) atoms. The van der Waals surface area contributed by atoms with Crippen LogP contribution in [0.1, 0.15) is 25.7 Å². The molecule has 4 aromatic rings. The van der Waals surface area contributed by atoms with Gasteiger partial charge in [-0.25, -0.2) is 13.8 Å². The Kier molecular flexibility index (Phi) is 4.21. The molecule has 2 bridgehead atoms. The topological polar surface area (TPSA) is 107 Å². The zero-order valence-corrected chi connectivity index (χ0v) is 17.0. The molecule has 3 aliphatic carbocycles. The van der Waals surface area contributed by atoms with Crippen LogP contribution in [0.25, 0.3) is 33.1 Å². The Bertz CT molecular complexity index is 1360. The van der Waals surface area contributed by atoms with Gasteiger partial charge in [0, 0.05) is 28.8 Å². The highest BCUT2D eigenvalue weighted by Crippen LogP contribution is 2.47. The number of hydrogen-bond acceptors (Lipinski definition) is 4. The summed E-state index contributed by atoms with van der Waals surface area (Å²) in [6.45, 7) is 0. The number of nitrogens with one attached hydrogen (secondary N) is 3. The van der Waals surface area contributed by atoms with Crippen molar-refractivity contribution in [3.8, 4) is 11.1 Å². The summed E-state index contributed by atoms with van der Waals surface area (Å²) < 4.78 is 29.4. The van der Waals surface area contributed by atoms with E-state index < -0.39 is 23.5 Å². The highest BCUT2D eigenvalue weighted by molar-refractivity contribution is 6.04. The largest absolute Gasteiger partial charge is 0.481 e. The van der Waals surface area contributed by atoms with Crippen LogP contribution in [-0.4, -0.2) is 37.3 Å². The summed E-state index contributed by atoms with van der Waals surface area (Å²) >= 11 is 0. The fourth-order valence-corrected chi connectivity index (χ4v) is 5.79. The molecule has 4 N–H and O–H groups in total. The van der Waals surface area contributed by atoms with Gasteiger partial charge >= 0.3 is 5.97 Å².